The Morgan fingerprint density at radius 1 is 0.947 bits per heavy atom. The van der Waals surface area contributed by atoms with Crippen molar-refractivity contribution in [2.75, 3.05) is 0 Å². The van der Waals surface area contributed by atoms with Gasteiger partial charge in [0.1, 0.15) is 5.69 Å². The molecule has 19 heavy (non-hydrogen) atoms. The molecule has 0 atom stereocenters. The van der Waals surface area contributed by atoms with E-state index in [-0.39, 0.29) is 6.15 Å². The van der Waals surface area contributed by atoms with E-state index in [2.05, 4.69) is 17.3 Å². The molecule has 0 heterocycles. The molecule has 0 unspecified atom stereocenters. The lowest BCUT2D eigenvalue weighted by Crippen LogP contribution is -2.04. The predicted octanol–water partition coefficient (Wildman–Crippen LogP) is 5.45. The summed E-state index contributed by atoms with van der Waals surface area (Å²) in [5.41, 5.74) is 1.82. The predicted molar refractivity (Wildman–Crippen MR) is 80.3 cm³/mol. The first-order valence-corrected chi connectivity index (χ1v) is 6.75. The molecule has 0 saturated heterocycles. The minimum atomic E-state index is 0. The van der Waals surface area contributed by atoms with Gasteiger partial charge in [0.15, 0.2) is 0 Å². The molecule has 3 heteroatoms. The Morgan fingerprint density at radius 2 is 1.68 bits per heavy atom. The number of nitrogens with zero attached hydrogens (tertiary/aromatic N) is 1. The summed E-state index contributed by atoms with van der Waals surface area (Å²) in [6, 6.07) is 12.2. The molecular weight excluding hydrogens is 236 g/mol. The zero-order chi connectivity index (χ0) is 12.4. The Hall–Kier alpha value is -1.74. The van der Waals surface area contributed by atoms with Crippen LogP contribution in [0, 0.1) is 4.91 Å². The van der Waals surface area contributed by atoms with Crippen LogP contribution in [-0.2, 0) is 0 Å². The molecule has 3 nitrogen and oxygen atoms in total. The Labute approximate surface area is 113 Å². The van der Waals surface area contributed by atoms with Gasteiger partial charge < -0.3 is 6.15 Å². The maximum Gasteiger partial charge on any atom is 0.119 e. The molecule has 100 valence electrons. The van der Waals surface area contributed by atoms with E-state index < -0.39 is 0 Å². The molecule has 1 fully saturated rings. The number of fused-ring (bicyclic) bond motifs is 1. The molecule has 0 aliphatic heterocycles. The highest BCUT2D eigenvalue weighted by atomic mass is 16.3. The van der Waals surface area contributed by atoms with Crippen molar-refractivity contribution in [3.05, 3.63) is 46.9 Å². The fourth-order valence-electron chi connectivity index (χ4n) is 3.12. The maximum atomic E-state index is 11.2. The van der Waals surface area contributed by atoms with E-state index >= 15 is 0 Å². The van der Waals surface area contributed by atoms with Crippen molar-refractivity contribution in [3.63, 3.8) is 0 Å². The summed E-state index contributed by atoms with van der Waals surface area (Å²) in [7, 11) is 0. The van der Waals surface area contributed by atoms with Crippen LogP contribution in [0.25, 0.3) is 10.8 Å². The van der Waals surface area contributed by atoms with Crippen molar-refractivity contribution in [1.82, 2.24) is 6.15 Å². The van der Waals surface area contributed by atoms with Crippen molar-refractivity contribution in [1.29, 1.82) is 0 Å². The molecule has 0 spiro atoms. The average Bonchev–Trinajstić information content (AvgIpc) is 2.47. The number of rotatable bonds is 2. The highest BCUT2D eigenvalue weighted by molar-refractivity contribution is 5.94. The summed E-state index contributed by atoms with van der Waals surface area (Å²) in [5.74, 6) is 0.524. The van der Waals surface area contributed by atoms with E-state index in [1.165, 1.54) is 32.1 Å². The summed E-state index contributed by atoms with van der Waals surface area (Å²) in [4.78, 5) is 11.2. The Kier molecular flexibility index (Phi) is 4.27. The molecule has 1 aliphatic carbocycles. The monoisotopic (exact) mass is 256 g/mol. The van der Waals surface area contributed by atoms with Crippen molar-refractivity contribution in [2.45, 2.75) is 38.0 Å². The van der Waals surface area contributed by atoms with Crippen LogP contribution >= 0.6 is 0 Å². The SMILES string of the molecule is N.O=Nc1c(C2CCCCC2)ccc2ccccc12. The summed E-state index contributed by atoms with van der Waals surface area (Å²) >= 11 is 0. The summed E-state index contributed by atoms with van der Waals surface area (Å²) < 4.78 is 0. The number of hydrogen-bond donors (Lipinski definition) is 1. The second-order valence-electron chi connectivity index (χ2n) is 5.15. The molecule has 3 N–H and O–H groups in total. The van der Waals surface area contributed by atoms with Gasteiger partial charge in [0, 0.05) is 5.39 Å². The number of benzene rings is 2. The molecule has 0 bridgehead atoms. The van der Waals surface area contributed by atoms with Gasteiger partial charge in [-0.2, -0.15) is 0 Å². The molecule has 2 aromatic rings. The van der Waals surface area contributed by atoms with Gasteiger partial charge >= 0.3 is 0 Å². The third-order valence-electron chi connectivity index (χ3n) is 4.07. The third kappa shape index (κ3) is 2.51. The standard InChI is InChI=1S/C16H17NO.H3N/c18-17-16-14-9-5-4-8-13(14)10-11-15(16)12-6-2-1-3-7-12;/h4-5,8-12H,1-3,6-7H2;1H3. The molecule has 1 aliphatic rings. The Balaban J connectivity index is 0.00000133. The largest absolute Gasteiger partial charge is 0.344 e. The fourth-order valence-corrected chi connectivity index (χ4v) is 3.12. The van der Waals surface area contributed by atoms with Crippen LogP contribution < -0.4 is 6.15 Å². The van der Waals surface area contributed by atoms with Crippen LogP contribution in [0.3, 0.4) is 0 Å². The van der Waals surface area contributed by atoms with Crippen molar-refractivity contribution in [3.8, 4) is 0 Å². The first kappa shape index (κ1) is 13.7. The van der Waals surface area contributed by atoms with E-state index in [0.29, 0.717) is 11.6 Å². The highest BCUT2D eigenvalue weighted by Gasteiger charge is 2.20. The van der Waals surface area contributed by atoms with Crippen LogP contribution in [-0.4, -0.2) is 0 Å². The topological polar surface area (TPSA) is 64.4 Å². The lowest BCUT2D eigenvalue weighted by molar-refractivity contribution is 0.444. The molecule has 0 amide bonds. The van der Waals surface area contributed by atoms with Gasteiger partial charge in [-0.05, 0) is 34.9 Å². The van der Waals surface area contributed by atoms with Crippen LogP contribution in [0.15, 0.2) is 41.6 Å². The maximum absolute atomic E-state index is 11.2. The smallest absolute Gasteiger partial charge is 0.119 e. The van der Waals surface area contributed by atoms with E-state index in [1.54, 1.807) is 0 Å². The minimum absolute atomic E-state index is 0. The third-order valence-corrected chi connectivity index (χ3v) is 4.07. The van der Waals surface area contributed by atoms with Crippen molar-refractivity contribution < 1.29 is 0 Å². The number of hydrogen-bond acceptors (Lipinski definition) is 3. The first-order chi connectivity index (χ1) is 8.90. The van der Waals surface area contributed by atoms with E-state index in [9.17, 15) is 4.91 Å². The Morgan fingerprint density at radius 3 is 2.42 bits per heavy atom. The van der Waals surface area contributed by atoms with Gasteiger partial charge in [0.2, 0.25) is 0 Å². The van der Waals surface area contributed by atoms with E-state index in [1.807, 2.05) is 24.3 Å². The van der Waals surface area contributed by atoms with Gasteiger partial charge in [-0.25, -0.2) is 0 Å². The number of nitroso groups, excluding NO2 is 1. The summed E-state index contributed by atoms with van der Waals surface area (Å²) in [6.45, 7) is 0. The molecule has 0 radical (unpaired) electrons. The lowest BCUT2D eigenvalue weighted by Gasteiger charge is -2.23. The molecule has 1 saturated carbocycles. The highest BCUT2D eigenvalue weighted by Crippen LogP contribution is 2.40. The van der Waals surface area contributed by atoms with Gasteiger partial charge in [0.05, 0.1) is 0 Å². The van der Waals surface area contributed by atoms with E-state index in [4.69, 9.17) is 0 Å². The zero-order valence-corrected chi connectivity index (χ0v) is 11.1. The zero-order valence-electron chi connectivity index (χ0n) is 11.1. The van der Waals surface area contributed by atoms with Gasteiger partial charge in [0.25, 0.3) is 0 Å². The first-order valence-electron chi connectivity index (χ1n) is 6.75. The van der Waals surface area contributed by atoms with Gasteiger partial charge in [-0.15, -0.1) is 4.91 Å². The van der Waals surface area contributed by atoms with E-state index in [0.717, 1.165) is 16.3 Å². The molecule has 0 aromatic heterocycles. The second-order valence-corrected chi connectivity index (χ2v) is 5.15. The van der Waals surface area contributed by atoms with Crippen molar-refractivity contribution in [2.24, 2.45) is 5.18 Å². The average molecular weight is 256 g/mol. The second kappa shape index (κ2) is 5.93. The summed E-state index contributed by atoms with van der Waals surface area (Å²) in [6.07, 6.45) is 6.27. The molecule has 2 aromatic carbocycles. The van der Waals surface area contributed by atoms with Gasteiger partial charge in [-0.3, -0.25) is 0 Å². The quantitative estimate of drug-likeness (QED) is 0.726. The Bertz CT molecular complexity index is 574. The van der Waals surface area contributed by atoms with Crippen LogP contribution in [0.5, 0.6) is 0 Å². The lowest BCUT2D eigenvalue weighted by atomic mass is 9.82. The van der Waals surface area contributed by atoms with Gasteiger partial charge in [-0.1, -0.05) is 55.7 Å². The van der Waals surface area contributed by atoms with Crippen LogP contribution in [0.4, 0.5) is 5.69 Å². The molecule has 3 rings (SSSR count). The summed E-state index contributed by atoms with van der Waals surface area (Å²) in [5, 5.41) is 5.42. The molecular formula is C16H20N2O. The fraction of sp³-hybridized carbons (Fsp3) is 0.375. The minimum Gasteiger partial charge on any atom is -0.344 e. The van der Waals surface area contributed by atoms with Crippen LogP contribution in [0.2, 0.25) is 0 Å². The van der Waals surface area contributed by atoms with Crippen LogP contribution in [0.1, 0.15) is 43.6 Å². The van der Waals surface area contributed by atoms with Crippen molar-refractivity contribution >= 4 is 16.5 Å². The normalized spacial score (nSPS) is 16.0.